The fourth-order valence-electron chi connectivity index (χ4n) is 11.8. The number of hydrogen-bond donors (Lipinski definition) is 6. The van der Waals surface area contributed by atoms with Crippen LogP contribution in [0.5, 0.6) is 0 Å². The van der Waals surface area contributed by atoms with Gasteiger partial charge in [0.15, 0.2) is 5.78 Å². The second kappa shape index (κ2) is 43.3. The highest BCUT2D eigenvalue weighted by atomic mass is 32.1. The van der Waals surface area contributed by atoms with Crippen LogP contribution in [0.25, 0.3) is 0 Å². The Kier molecular flexibility index (Phi) is 37.9. The molecule has 16 atom stereocenters. The van der Waals surface area contributed by atoms with Crippen LogP contribution in [-0.2, 0) is 76.0 Å². The molecule has 2 bridgehead atoms. The molecule has 0 aromatic rings. The van der Waals surface area contributed by atoms with Crippen molar-refractivity contribution >= 4 is 40.8 Å². The van der Waals surface area contributed by atoms with Crippen molar-refractivity contribution in [2.24, 2.45) is 35.3 Å². The number of carbonyl (C=O) groups excluding carboxylic acids is 4. The van der Waals surface area contributed by atoms with E-state index in [2.05, 4.69) is 5.32 Å². The average Bonchev–Trinajstić information content (AvgIpc) is 0.874. The molecule has 90 heavy (non-hydrogen) atoms. The van der Waals surface area contributed by atoms with Gasteiger partial charge < -0.3 is 93.2 Å². The lowest BCUT2D eigenvalue weighted by Crippen LogP contribution is -2.61. The summed E-state index contributed by atoms with van der Waals surface area (Å²) in [4.78, 5) is 58.1. The minimum atomic E-state index is -2.47. The fraction of sp³-hybridized carbons (Fsp3) is 0.803. The Hall–Kier alpha value is -3.67. The van der Waals surface area contributed by atoms with Gasteiger partial charge in [-0.3, -0.25) is 14.4 Å². The molecule has 0 aromatic carbocycles. The fourth-order valence-corrected chi connectivity index (χ4v) is 12.0. The molecule has 4 aliphatic rings. The van der Waals surface area contributed by atoms with Gasteiger partial charge in [-0.05, 0) is 120 Å². The number of thiocarbonyl (C=S) groups is 1. The van der Waals surface area contributed by atoms with Crippen LogP contribution in [0.3, 0.4) is 0 Å². The summed E-state index contributed by atoms with van der Waals surface area (Å²) < 4.78 is 68.9. The van der Waals surface area contributed by atoms with Crippen LogP contribution in [0, 0.1) is 29.6 Å². The van der Waals surface area contributed by atoms with Gasteiger partial charge in [-0.15, -0.1) is 0 Å². The molecule has 4 rings (SSSR count). The maximum Gasteiger partial charge on any atom is 0.329 e. The maximum atomic E-state index is 14.6. The van der Waals surface area contributed by atoms with Crippen molar-refractivity contribution in [2.75, 3.05) is 120 Å². The predicted octanol–water partition coefficient (Wildman–Crippen LogP) is 5.04. The Morgan fingerprint density at radius 2 is 1.33 bits per heavy atom. The first-order chi connectivity index (χ1) is 43.1. The summed E-state index contributed by atoms with van der Waals surface area (Å²) in [5, 5.41) is 49.7. The normalized spacial score (nSPS) is 33.2. The number of hydrogen-bond acceptors (Lipinski definition) is 22. The lowest BCUT2D eigenvalue weighted by molar-refractivity contribution is -0.265. The number of carbonyl (C=O) groups is 4. The molecule has 3 heterocycles. The molecule has 1 amide bonds. The molecule has 3 aliphatic heterocycles. The topological polar surface area (TPSA) is 301 Å². The van der Waals surface area contributed by atoms with Crippen molar-refractivity contribution in [2.45, 2.75) is 192 Å². The van der Waals surface area contributed by atoms with E-state index in [-0.39, 0.29) is 60.6 Å². The number of piperidine rings is 1. The van der Waals surface area contributed by atoms with Gasteiger partial charge in [0, 0.05) is 70.6 Å². The SMILES string of the molecule is CCOCCOCCOCCOCCOCCOCCOCCNC(=S)O[C@@H]1CC[C@@H](C[C@@H](N)[C@@H]2C[C@@H](O)[C@H](C)/C=C(\C)C(O)[C@@H](O)C(=O)C(C)CC(C)/C=C/C=C/C=C(\C)[C@@H](OC)C[C@@H]3CC[C@@H](C)[C@@](O)(O3)C(=O)C(=O)N3CCCC[C@H]3C(=O)O2)C[C@H]1OC. The molecular weight excluding hydrogens is 1190 g/mol. The van der Waals surface area contributed by atoms with Crippen molar-refractivity contribution in [3.8, 4) is 0 Å². The van der Waals surface area contributed by atoms with Gasteiger partial charge >= 0.3 is 5.97 Å². The van der Waals surface area contributed by atoms with Crippen LogP contribution in [0.4, 0.5) is 0 Å². The van der Waals surface area contributed by atoms with Crippen LogP contribution >= 0.6 is 12.2 Å². The number of Topliss-reactive ketones (excluding diaryl/α,β-unsaturated/α-hetero) is 2. The number of ether oxygens (including phenoxy) is 12. The number of cyclic esters (lactones) is 1. The summed E-state index contributed by atoms with van der Waals surface area (Å²) in [7, 11) is 3.16. The quantitative estimate of drug-likeness (QED) is 0.0196. The number of allylic oxidation sites excluding steroid dienone is 5. The number of nitrogens with one attached hydrogen (secondary N) is 1. The summed E-state index contributed by atoms with van der Waals surface area (Å²) >= 11 is 5.55. The summed E-state index contributed by atoms with van der Waals surface area (Å²) in [6.07, 6.45) is 8.16. The van der Waals surface area contributed by atoms with E-state index in [1.165, 1.54) is 0 Å². The Morgan fingerprint density at radius 3 is 1.93 bits per heavy atom. The van der Waals surface area contributed by atoms with Gasteiger partial charge in [0.2, 0.25) is 5.79 Å². The summed E-state index contributed by atoms with van der Waals surface area (Å²) in [6, 6.07) is -2.06. The molecule has 3 unspecified atom stereocenters. The zero-order valence-electron chi connectivity index (χ0n) is 55.2. The summed E-state index contributed by atoms with van der Waals surface area (Å²) in [5.41, 5.74) is 8.16. The van der Waals surface area contributed by atoms with E-state index in [1.807, 2.05) is 51.2 Å². The number of esters is 1. The first-order valence-corrected chi connectivity index (χ1v) is 33.1. The second-order valence-corrected chi connectivity index (χ2v) is 24.8. The molecule has 1 aliphatic carbocycles. The molecule has 0 radical (unpaired) electrons. The minimum Gasteiger partial charge on any atom is -0.465 e. The average molecular weight is 1300 g/mol. The molecule has 0 aromatic heterocycles. The van der Waals surface area contributed by atoms with Crippen LogP contribution in [-0.4, -0.2) is 240 Å². The Balaban J connectivity index is 1.37. The number of rotatable bonds is 28. The molecule has 0 spiro atoms. The lowest BCUT2D eigenvalue weighted by atomic mass is 9.80. The standard InChI is InChI=1S/C66H111N3O20S/c1-10-80-26-27-82-30-31-84-34-35-86-37-36-85-33-32-83-29-28-81-25-23-68-65(90)88-55-22-20-50(41-58(55)79-9)40-52(67)57-43-54(70)46(4)39-48(6)60(72)61(73)59(71)47(5)38-44(2)16-12-11-13-17-45(3)56(78-8)42-51-21-19-49(7)66(77,89-51)62(74)63(75)69-24-15-14-18-53(69)64(76)87-57/h11-13,16-17,39,44,46-47,49-58,60-61,70,72-73,77H,10,14-15,18-38,40-43,67H2,1-9H3,(H,68,90)/b13-11+,16-12+,45-17+,48-39+/t44?,46-,47?,49-,50+,51+,52-,53+,54-,55-,56+,57+,58-,60?,61+,66-/m1/s1. The van der Waals surface area contributed by atoms with E-state index >= 15 is 0 Å². The lowest BCUT2D eigenvalue weighted by Gasteiger charge is -2.43. The molecule has 24 heteroatoms. The molecular formula is C66H111N3O20S. The minimum absolute atomic E-state index is 0.0408. The van der Waals surface area contributed by atoms with Gasteiger partial charge in [-0.25, -0.2) is 4.79 Å². The van der Waals surface area contributed by atoms with E-state index in [4.69, 9.17) is 74.8 Å². The van der Waals surface area contributed by atoms with Crippen LogP contribution in [0.1, 0.15) is 126 Å². The van der Waals surface area contributed by atoms with Gasteiger partial charge in [0.05, 0.1) is 110 Å². The molecule has 7 N–H and O–H groups in total. The monoisotopic (exact) mass is 1300 g/mol. The van der Waals surface area contributed by atoms with E-state index < -0.39 is 95.7 Å². The number of aliphatic hydroxyl groups excluding tert-OH is 3. The van der Waals surface area contributed by atoms with Gasteiger partial charge in [0.1, 0.15) is 30.5 Å². The summed E-state index contributed by atoms with van der Waals surface area (Å²) in [6.45, 7) is 19.6. The molecule has 3 fully saturated rings. The van der Waals surface area contributed by atoms with Gasteiger partial charge in [-0.1, -0.05) is 64.2 Å². The number of fused-ring (bicyclic) bond motifs is 3. The first-order valence-electron chi connectivity index (χ1n) is 32.7. The number of aliphatic hydroxyl groups is 4. The van der Waals surface area contributed by atoms with Gasteiger partial charge in [0.25, 0.3) is 16.9 Å². The second-order valence-electron chi connectivity index (χ2n) is 24.4. The van der Waals surface area contributed by atoms with E-state index in [0.717, 1.165) is 10.5 Å². The zero-order chi connectivity index (χ0) is 66.0. The van der Waals surface area contributed by atoms with Crippen molar-refractivity contribution in [3.63, 3.8) is 0 Å². The largest absolute Gasteiger partial charge is 0.465 e. The third kappa shape index (κ3) is 27.3. The number of nitrogens with two attached hydrogens (primary N) is 1. The van der Waals surface area contributed by atoms with Crippen LogP contribution in [0.2, 0.25) is 0 Å². The Bertz CT molecular complexity index is 2240. The molecule has 2 saturated heterocycles. The number of amides is 1. The third-order valence-electron chi connectivity index (χ3n) is 17.4. The zero-order valence-corrected chi connectivity index (χ0v) is 56.0. The molecule has 516 valence electrons. The Labute approximate surface area is 540 Å². The molecule has 23 nitrogen and oxygen atoms in total. The van der Waals surface area contributed by atoms with Crippen LogP contribution in [0.15, 0.2) is 47.6 Å². The molecule has 1 saturated carbocycles. The van der Waals surface area contributed by atoms with Crippen molar-refractivity contribution in [1.82, 2.24) is 10.2 Å². The number of methoxy groups -OCH3 is 2. The van der Waals surface area contributed by atoms with Crippen molar-refractivity contribution < 1.29 is 96.4 Å². The highest BCUT2D eigenvalue weighted by Crippen LogP contribution is 2.38. The van der Waals surface area contributed by atoms with E-state index in [9.17, 15) is 39.6 Å². The van der Waals surface area contributed by atoms with Crippen molar-refractivity contribution in [1.29, 1.82) is 0 Å². The van der Waals surface area contributed by atoms with Crippen molar-refractivity contribution in [3.05, 3.63) is 47.6 Å². The highest BCUT2D eigenvalue weighted by molar-refractivity contribution is 7.80. The first kappa shape index (κ1) is 78.8. The smallest absolute Gasteiger partial charge is 0.329 e. The number of ketones is 2. The Morgan fingerprint density at radius 1 is 0.722 bits per heavy atom. The summed E-state index contributed by atoms with van der Waals surface area (Å²) in [5.74, 6) is -8.19. The predicted molar refractivity (Wildman–Crippen MR) is 341 cm³/mol. The van der Waals surface area contributed by atoms with Crippen LogP contribution < -0.4 is 11.1 Å². The highest BCUT2D eigenvalue weighted by Gasteiger charge is 2.53. The van der Waals surface area contributed by atoms with E-state index in [0.29, 0.717) is 157 Å². The third-order valence-corrected chi connectivity index (χ3v) is 17.6. The maximum absolute atomic E-state index is 14.6. The number of nitrogens with zero attached hydrogens (tertiary/aromatic N) is 1. The van der Waals surface area contributed by atoms with Gasteiger partial charge in [-0.2, -0.15) is 0 Å². The van der Waals surface area contributed by atoms with E-state index in [1.54, 1.807) is 48.0 Å².